The van der Waals surface area contributed by atoms with Gasteiger partial charge in [-0.3, -0.25) is 0 Å². The molecule has 0 saturated carbocycles. The fraction of sp³-hybridized carbons (Fsp3) is 0.917. The molecule has 0 unspecified atom stereocenters. The smallest absolute Gasteiger partial charge is 0.410 e. The second kappa shape index (κ2) is 4.62. The molecule has 0 aromatic rings. The van der Waals surface area contributed by atoms with Crippen LogP contribution in [0.4, 0.5) is 4.79 Å². The summed E-state index contributed by atoms with van der Waals surface area (Å²) in [4.78, 5) is 13.5. The van der Waals surface area contributed by atoms with Gasteiger partial charge in [-0.05, 0) is 33.6 Å². The van der Waals surface area contributed by atoms with E-state index in [1.807, 2.05) is 27.7 Å². The van der Waals surface area contributed by atoms with Gasteiger partial charge < -0.3 is 14.7 Å². The maximum atomic E-state index is 11.8. The molecular formula is C12H23NO3. The number of hydrogen-bond donors (Lipinski definition) is 1. The van der Waals surface area contributed by atoms with Crippen molar-refractivity contribution in [2.75, 3.05) is 19.7 Å². The van der Waals surface area contributed by atoms with Gasteiger partial charge in [0.05, 0.1) is 6.61 Å². The first-order valence-electron chi connectivity index (χ1n) is 5.85. The van der Waals surface area contributed by atoms with Crippen LogP contribution in [0, 0.1) is 5.41 Å². The minimum atomic E-state index is -0.454. The van der Waals surface area contributed by atoms with E-state index in [0.717, 1.165) is 19.4 Å². The lowest BCUT2D eigenvalue weighted by Crippen LogP contribution is -2.48. The third kappa shape index (κ3) is 3.67. The van der Waals surface area contributed by atoms with Gasteiger partial charge in [-0.1, -0.05) is 6.92 Å². The van der Waals surface area contributed by atoms with Crippen LogP contribution in [0.3, 0.4) is 0 Å². The third-order valence-corrected chi connectivity index (χ3v) is 2.81. The SMILES string of the molecule is CC(C)(C)OC(=O)N1CCC[C@@](C)(CO)C1. The number of likely N-dealkylation sites (tertiary alicyclic amines) is 1. The fourth-order valence-electron chi connectivity index (χ4n) is 1.93. The van der Waals surface area contributed by atoms with E-state index >= 15 is 0 Å². The van der Waals surface area contributed by atoms with E-state index in [1.54, 1.807) is 4.90 Å². The standard InChI is InChI=1S/C12H23NO3/c1-11(2,3)16-10(15)13-7-5-6-12(4,8-13)9-14/h14H,5-9H2,1-4H3/t12-/m1/s1. The highest BCUT2D eigenvalue weighted by Crippen LogP contribution is 2.29. The maximum absolute atomic E-state index is 11.8. The van der Waals surface area contributed by atoms with Crippen molar-refractivity contribution in [3.8, 4) is 0 Å². The lowest BCUT2D eigenvalue weighted by atomic mass is 9.83. The molecule has 1 N–H and O–H groups in total. The van der Waals surface area contributed by atoms with Crippen molar-refractivity contribution >= 4 is 6.09 Å². The van der Waals surface area contributed by atoms with Crippen molar-refractivity contribution in [2.24, 2.45) is 5.41 Å². The van der Waals surface area contributed by atoms with Crippen molar-refractivity contribution < 1.29 is 14.6 Å². The number of amides is 1. The fourth-order valence-corrected chi connectivity index (χ4v) is 1.93. The number of carbonyl (C=O) groups is 1. The Kier molecular flexibility index (Phi) is 3.84. The van der Waals surface area contributed by atoms with E-state index < -0.39 is 5.60 Å². The Labute approximate surface area is 97.6 Å². The minimum absolute atomic E-state index is 0.117. The second-order valence-electron chi connectivity index (χ2n) is 5.97. The normalized spacial score (nSPS) is 26.7. The van der Waals surface area contributed by atoms with Crippen LogP contribution in [-0.4, -0.2) is 41.4 Å². The molecule has 16 heavy (non-hydrogen) atoms. The largest absolute Gasteiger partial charge is 0.444 e. The molecule has 0 spiro atoms. The first-order chi connectivity index (χ1) is 7.26. The molecule has 1 amide bonds. The number of piperidine rings is 1. The maximum Gasteiger partial charge on any atom is 0.410 e. The number of nitrogens with zero attached hydrogens (tertiary/aromatic N) is 1. The predicted octanol–water partition coefficient (Wildman–Crippen LogP) is 2.02. The van der Waals surface area contributed by atoms with E-state index in [1.165, 1.54) is 0 Å². The van der Waals surface area contributed by atoms with Gasteiger partial charge in [0.1, 0.15) is 5.60 Å². The lowest BCUT2D eigenvalue weighted by molar-refractivity contribution is -0.00347. The van der Waals surface area contributed by atoms with Crippen molar-refractivity contribution in [2.45, 2.75) is 46.1 Å². The Morgan fingerprint density at radius 1 is 1.50 bits per heavy atom. The average molecular weight is 229 g/mol. The van der Waals surface area contributed by atoms with Crippen LogP contribution in [0.1, 0.15) is 40.5 Å². The highest BCUT2D eigenvalue weighted by atomic mass is 16.6. The predicted molar refractivity (Wildman–Crippen MR) is 62.2 cm³/mol. The molecule has 1 fully saturated rings. The molecule has 1 saturated heterocycles. The molecule has 1 atom stereocenters. The number of aliphatic hydroxyl groups is 1. The first kappa shape index (κ1) is 13.3. The van der Waals surface area contributed by atoms with E-state index in [9.17, 15) is 9.90 Å². The highest BCUT2D eigenvalue weighted by Gasteiger charge is 2.34. The monoisotopic (exact) mass is 229 g/mol. The third-order valence-electron chi connectivity index (χ3n) is 2.81. The van der Waals surface area contributed by atoms with Gasteiger partial charge in [-0.25, -0.2) is 4.79 Å². The van der Waals surface area contributed by atoms with E-state index in [0.29, 0.717) is 6.54 Å². The summed E-state index contributed by atoms with van der Waals surface area (Å²) in [6.45, 7) is 9.01. The Morgan fingerprint density at radius 2 is 2.12 bits per heavy atom. The minimum Gasteiger partial charge on any atom is -0.444 e. The van der Waals surface area contributed by atoms with E-state index in [-0.39, 0.29) is 18.1 Å². The number of aliphatic hydroxyl groups excluding tert-OH is 1. The van der Waals surface area contributed by atoms with Crippen molar-refractivity contribution in [1.82, 2.24) is 4.90 Å². The van der Waals surface area contributed by atoms with Gasteiger partial charge in [0, 0.05) is 18.5 Å². The van der Waals surface area contributed by atoms with Crippen LogP contribution in [0.15, 0.2) is 0 Å². The summed E-state index contributed by atoms with van der Waals surface area (Å²) in [5.74, 6) is 0. The van der Waals surface area contributed by atoms with Gasteiger partial charge in [-0.2, -0.15) is 0 Å². The molecule has 1 rings (SSSR count). The molecule has 1 aliphatic rings. The van der Waals surface area contributed by atoms with Crippen LogP contribution >= 0.6 is 0 Å². The van der Waals surface area contributed by atoms with Crippen LogP contribution in [0.25, 0.3) is 0 Å². The number of carbonyl (C=O) groups excluding carboxylic acids is 1. The molecule has 1 aliphatic heterocycles. The first-order valence-corrected chi connectivity index (χ1v) is 5.85. The van der Waals surface area contributed by atoms with Crippen LogP contribution in [-0.2, 0) is 4.74 Å². The van der Waals surface area contributed by atoms with Gasteiger partial charge in [0.25, 0.3) is 0 Å². The van der Waals surface area contributed by atoms with Gasteiger partial charge in [-0.15, -0.1) is 0 Å². The lowest BCUT2D eigenvalue weighted by Gasteiger charge is -2.39. The quantitative estimate of drug-likeness (QED) is 0.748. The van der Waals surface area contributed by atoms with E-state index in [2.05, 4.69) is 0 Å². The number of hydrogen-bond acceptors (Lipinski definition) is 3. The molecule has 0 bridgehead atoms. The van der Waals surface area contributed by atoms with Crippen LogP contribution in [0.5, 0.6) is 0 Å². The zero-order chi connectivity index (χ0) is 12.4. The van der Waals surface area contributed by atoms with Gasteiger partial charge >= 0.3 is 6.09 Å². The Morgan fingerprint density at radius 3 is 2.62 bits per heavy atom. The summed E-state index contributed by atoms with van der Waals surface area (Å²) >= 11 is 0. The zero-order valence-corrected chi connectivity index (χ0v) is 10.7. The number of rotatable bonds is 1. The summed E-state index contributed by atoms with van der Waals surface area (Å²) in [5.41, 5.74) is -0.626. The molecule has 1 heterocycles. The topological polar surface area (TPSA) is 49.8 Å². The molecular weight excluding hydrogens is 206 g/mol. The van der Waals surface area contributed by atoms with Crippen LogP contribution < -0.4 is 0 Å². The average Bonchev–Trinajstić information content (AvgIpc) is 2.15. The van der Waals surface area contributed by atoms with Crippen molar-refractivity contribution in [1.29, 1.82) is 0 Å². The molecule has 0 aliphatic carbocycles. The zero-order valence-electron chi connectivity index (χ0n) is 10.7. The molecule has 0 radical (unpaired) electrons. The van der Waals surface area contributed by atoms with Gasteiger partial charge in [0.2, 0.25) is 0 Å². The molecule has 0 aromatic carbocycles. The summed E-state index contributed by atoms with van der Waals surface area (Å²) in [7, 11) is 0. The summed E-state index contributed by atoms with van der Waals surface area (Å²) in [6, 6.07) is 0. The Hall–Kier alpha value is -0.770. The van der Waals surface area contributed by atoms with E-state index in [4.69, 9.17) is 4.74 Å². The van der Waals surface area contributed by atoms with Gasteiger partial charge in [0.15, 0.2) is 0 Å². The molecule has 4 nitrogen and oxygen atoms in total. The Bertz CT molecular complexity index is 259. The molecule has 94 valence electrons. The summed E-state index contributed by atoms with van der Waals surface area (Å²) < 4.78 is 5.32. The highest BCUT2D eigenvalue weighted by molar-refractivity contribution is 5.68. The second-order valence-corrected chi connectivity index (χ2v) is 5.97. The Balaban J connectivity index is 2.57. The van der Waals surface area contributed by atoms with Crippen molar-refractivity contribution in [3.05, 3.63) is 0 Å². The van der Waals surface area contributed by atoms with Crippen LogP contribution in [0.2, 0.25) is 0 Å². The summed E-state index contributed by atoms with van der Waals surface area (Å²) in [5, 5.41) is 9.30. The number of ether oxygens (including phenoxy) is 1. The molecule has 0 aromatic heterocycles. The summed E-state index contributed by atoms with van der Waals surface area (Å²) in [6.07, 6.45) is 1.62. The molecule has 4 heteroatoms. The van der Waals surface area contributed by atoms with Crippen molar-refractivity contribution in [3.63, 3.8) is 0 Å².